The summed E-state index contributed by atoms with van der Waals surface area (Å²) in [5, 5.41) is 17.7. The van der Waals surface area contributed by atoms with E-state index in [1.807, 2.05) is 26.0 Å². The van der Waals surface area contributed by atoms with Crippen molar-refractivity contribution < 1.29 is 9.59 Å². The molecule has 3 saturated carbocycles. The first-order valence-corrected chi connectivity index (χ1v) is 12.6. The molecule has 0 unspecified atom stereocenters. The lowest BCUT2D eigenvalue weighted by Gasteiger charge is -2.27. The third kappa shape index (κ3) is 4.47. The molecular weight excluding hydrogens is 442 g/mol. The van der Waals surface area contributed by atoms with Crippen LogP contribution in [0.1, 0.15) is 66.4 Å². The summed E-state index contributed by atoms with van der Waals surface area (Å²) in [6.45, 7) is 3.90. The summed E-state index contributed by atoms with van der Waals surface area (Å²) in [5.41, 5.74) is 4.77. The molecule has 0 radical (unpaired) electrons. The van der Waals surface area contributed by atoms with Crippen LogP contribution in [0.4, 0.5) is 5.69 Å². The molecule has 182 valence electrons. The lowest BCUT2D eigenvalue weighted by molar-refractivity contribution is -0.119. The van der Waals surface area contributed by atoms with Crippen molar-refractivity contribution in [2.24, 2.45) is 17.8 Å². The van der Waals surface area contributed by atoms with Crippen molar-refractivity contribution in [3.8, 4) is 11.3 Å². The quantitative estimate of drug-likeness (QED) is 0.437. The maximum absolute atomic E-state index is 13.6. The molecule has 0 aliphatic heterocycles. The fourth-order valence-corrected chi connectivity index (χ4v) is 5.31. The maximum Gasteiger partial charge on any atom is 0.270 e. The van der Waals surface area contributed by atoms with Crippen molar-refractivity contribution in [1.29, 1.82) is 0 Å². The second-order valence-electron chi connectivity index (χ2n) is 10.3. The second kappa shape index (κ2) is 8.62. The zero-order valence-corrected chi connectivity index (χ0v) is 20.1. The highest BCUT2D eigenvalue weighted by Crippen LogP contribution is 2.51. The Morgan fingerprint density at radius 3 is 2.37 bits per heavy atom. The predicted molar refractivity (Wildman–Crippen MR) is 131 cm³/mol. The first kappa shape index (κ1) is 22.0. The molecular formula is C26H31N7O2. The van der Waals surface area contributed by atoms with E-state index in [0.29, 0.717) is 29.3 Å². The number of carbonyl (C=O) groups is 2. The van der Waals surface area contributed by atoms with Gasteiger partial charge in [0.05, 0.1) is 29.3 Å². The molecule has 0 saturated heterocycles. The summed E-state index contributed by atoms with van der Waals surface area (Å²) >= 11 is 0. The summed E-state index contributed by atoms with van der Waals surface area (Å²) in [5.74, 6) is 0.767. The minimum Gasteiger partial charge on any atom is -0.339 e. The van der Waals surface area contributed by atoms with Gasteiger partial charge in [0, 0.05) is 17.5 Å². The van der Waals surface area contributed by atoms with Crippen LogP contribution in [-0.2, 0) is 4.79 Å². The predicted octanol–water partition coefficient (Wildman–Crippen LogP) is 3.79. The number of hydrogen-bond donors (Lipinski definition) is 3. The highest BCUT2D eigenvalue weighted by molar-refractivity contribution is 6.00. The van der Waals surface area contributed by atoms with Crippen LogP contribution in [0.5, 0.6) is 0 Å². The van der Waals surface area contributed by atoms with Gasteiger partial charge < -0.3 is 10.6 Å². The molecule has 3 fully saturated rings. The lowest BCUT2D eigenvalue weighted by atomic mass is 9.88. The van der Waals surface area contributed by atoms with Crippen molar-refractivity contribution in [3.05, 3.63) is 47.7 Å². The van der Waals surface area contributed by atoms with Crippen LogP contribution < -0.4 is 10.6 Å². The number of pyridine rings is 1. The molecule has 9 heteroatoms. The standard InChI is InChI=1S/C26H31N7O2/c1-14-22(15(2)32-31-14)20-10-7-18(13-27-20)29-26(35)24(23(16-3-4-16)17-5-6-17)30-25(34)21-11-12-28-33(21)19-8-9-19/h7,10-13,16-17,19,23-24H,3-6,8-9H2,1-2H3,(H,29,35)(H,30,34)(H,31,32)/t24-/m0/s1. The van der Waals surface area contributed by atoms with E-state index in [2.05, 4.69) is 30.9 Å². The number of nitrogens with zero attached hydrogens (tertiary/aromatic N) is 4. The Kier molecular flexibility index (Phi) is 5.42. The van der Waals surface area contributed by atoms with E-state index in [1.165, 1.54) is 0 Å². The molecule has 3 aliphatic rings. The van der Waals surface area contributed by atoms with Gasteiger partial charge in [-0.15, -0.1) is 0 Å². The number of aryl methyl sites for hydroxylation is 2. The monoisotopic (exact) mass is 473 g/mol. The summed E-state index contributed by atoms with van der Waals surface area (Å²) < 4.78 is 1.80. The fourth-order valence-electron chi connectivity index (χ4n) is 5.31. The number of carbonyl (C=O) groups excluding carboxylic acids is 2. The SMILES string of the molecule is Cc1n[nH]c(C)c1-c1ccc(NC(=O)[C@@H](NC(=O)c2ccnn2C2CC2)C(C2CC2)C2CC2)cn1. The normalized spacial score (nSPS) is 18.5. The van der Waals surface area contributed by atoms with Crippen molar-refractivity contribution in [3.63, 3.8) is 0 Å². The van der Waals surface area contributed by atoms with E-state index in [1.54, 1.807) is 23.1 Å². The lowest BCUT2D eigenvalue weighted by Crippen LogP contribution is -2.50. The third-order valence-electron chi connectivity index (χ3n) is 7.50. The summed E-state index contributed by atoms with van der Waals surface area (Å²) in [6, 6.07) is 5.21. The van der Waals surface area contributed by atoms with Crippen LogP contribution in [0.15, 0.2) is 30.6 Å². The number of H-pyrrole nitrogens is 1. The van der Waals surface area contributed by atoms with Gasteiger partial charge in [-0.25, -0.2) is 0 Å². The van der Waals surface area contributed by atoms with Crippen LogP contribution in [0.25, 0.3) is 11.3 Å². The Balaban J connectivity index is 1.22. The number of anilines is 1. The zero-order valence-electron chi connectivity index (χ0n) is 20.1. The van der Waals surface area contributed by atoms with Gasteiger partial charge in [-0.05, 0) is 88.3 Å². The van der Waals surface area contributed by atoms with E-state index in [0.717, 1.165) is 61.2 Å². The van der Waals surface area contributed by atoms with Crippen molar-refractivity contribution >= 4 is 17.5 Å². The number of nitrogens with one attached hydrogen (secondary N) is 3. The molecule has 6 rings (SSSR count). The van der Waals surface area contributed by atoms with E-state index >= 15 is 0 Å². The molecule has 9 nitrogen and oxygen atoms in total. The molecule has 0 spiro atoms. The van der Waals surface area contributed by atoms with Crippen LogP contribution >= 0.6 is 0 Å². The van der Waals surface area contributed by atoms with Gasteiger partial charge >= 0.3 is 0 Å². The molecule has 3 heterocycles. The van der Waals surface area contributed by atoms with Crippen LogP contribution in [-0.4, -0.2) is 42.8 Å². The molecule has 3 aliphatic carbocycles. The first-order chi connectivity index (χ1) is 17.0. The molecule has 3 aromatic heterocycles. The Hall–Kier alpha value is -3.49. The Morgan fingerprint density at radius 1 is 1.06 bits per heavy atom. The van der Waals surface area contributed by atoms with Gasteiger partial charge in [-0.2, -0.15) is 10.2 Å². The van der Waals surface area contributed by atoms with Gasteiger partial charge in [-0.1, -0.05) is 0 Å². The Bertz CT molecular complexity index is 1220. The topological polar surface area (TPSA) is 118 Å². The number of hydrogen-bond acceptors (Lipinski definition) is 5. The van der Waals surface area contributed by atoms with E-state index in [4.69, 9.17) is 0 Å². The third-order valence-corrected chi connectivity index (χ3v) is 7.50. The van der Waals surface area contributed by atoms with Crippen molar-refractivity contribution in [2.75, 3.05) is 5.32 Å². The van der Waals surface area contributed by atoms with Gasteiger partial charge in [0.25, 0.3) is 5.91 Å². The van der Waals surface area contributed by atoms with Gasteiger partial charge in [0.2, 0.25) is 5.91 Å². The van der Waals surface area contributed by atoms with Crippen LogP contribution in [0, 0.1) is 31.6 Å². The van der Waals surface area contributed by atoms with Crippen molar-refractivity contribution in [2.45, 2.75) is 64.5 Å². The van der Waals surface area contributed by atoms with Gasteiger partial charge in [-0.3, -0.25) is 24.4 Å². The number of amides is 2. The zero-order chi connectivity index (χ0) is 24.1. The molecule has 3 N–H and O–H groups in total. The molecule has 0 bridgehead atoms. The van der Waals surface area contributed by atoms with Crippen LogP contribution in [0.3, 0.4) is 0 Å². The molecule has 3 aromatic rings. The van der Waals surface area contributed by atoms with Gasteiger partial charge in [0.15, 0.2) is 0 Å². The number of aromatic amines is 1. The smallest absolute Gasteiger partial charge is 0.270 e. The molecule has 0 aromatic carbocycles. The highest BCUT2D eigenvalue weighted by atomic mass is 16.2. The van der Waals surface area contributed by atoms with E-state index in [9.17, 15) is 9.59 Å². The fraction of sp³-hybridized carbons (Fsp3) is 0.500. The second-order valence-corrected chi connectivity index (χ2v) is 10.3. The summed E-state index contributed by atoms with van der Waals surface area (Å²) in [7, 11) is 0. The molecule has 2 amide bonds. The Morgan fingerprint density at radius 2 is 1.80 bits per heavy atom. The van der Waals surface area contributed by atoms with E-state index < -0.39 is 6.04 Å². The van der Waals surface area contributed by atoms with Gasteiger partial charge in [0.1, 0.15) is 11.7 Å². The van der Waals surface area contributed by atoms with E-state index in [-0.39, 0.29) is 17.7 Å². The number of aromatic nitrogens is 5. The maximum atomic E-state index is 13.6. The molecule has 35 heavy (non-hydrogen) atoms. The number of rotatable bonds is 9. The van der Waals surface area contributed by atoms with Crippen molar-refractivity contribution in [1.82, 2.24) is 30.3 Å². The minimum absolute atomic E-state index is 0.166. The summed E-state index contributed by atoms with van der Waals surface area (Å²) in [6.07, 6.45) is 9.92. The molecule has 1 atom stereocenters. The average Bonchev–Trinajstić information content (AvgIpc) is 3.74. The van der Waals surface area contributed by atoms with Crippen LogP contribution in [0.2, 0.25) is 0 Å². The highest BCUT2D eigenvalue weighted by Gasteiger charge is 2.48. The minimum atomic E-state index is -0.580. The largest absolute Gasteiger partial charge is 0.339 e. The first-order valence-electron chi connectivity index (χ1n) is 12.6. The Labute approximate surface area is 204 Å². The average molecular weight is 474 g/mol. The summed E-state index contributed by atoms with van der Waals surface area (Å²) in [4.78, 5) is 31.4.